The number of nitrogens with two attached hydrogens (primary N) is 1. The molecule has 0 aliphatic rings. The number of thiocarbonyl (C=S) groups is 1. The highest BCUT2D eigenvalue weighted by atomic mass is 32.1. The van der Waals surface area contributed by atoms with Crippen molar-refractivity contribution in [2.24, 2.45) is 5.73 Å². The number of ether oxygens (including phenoxy) is 2. The molecule has 3 N–H and O–H groups in total. The molecule has 0 atom stereocenters. The van der Waals surface area contributed by atoms with Gasteiger partial charge in [-0.2, -0.15) is 0 Å². The number of esters is 2. The molecule has 0 fully saturated rings. The molecule has 0 aliphatic heterocycles. The Labute approximate surface area is 151 Å². The summed E-state index contributed by atoms with van der Waals surface area (Å²) in [7, 11) is 0. The lowest BCUT2D eigenvalue weighted by Crippen LogP contribution is -2.62. The summed E-state index contributed by atoms with van der Waals surface area (Å²) in [6, 6.07) is 6.74. The Bertz CT molecular complexity index is 657. The highest BCUT2D eigenvalue weighted by Gasteiger charge is 2.50. The molecule has 0 aliphatic carbocycles. The van der Waals surface area contributed by atoms with Crippen LogP contribution in [-0.2, 0) is 30.3 Å². The van der Waals surface area contributed by atoms with E-state index in [1.54, 1.807) is 38.1 Å². The quantitative estimate of drug-likeness (QED) is 0.399. The van der Waals surface area contributed by atoms with Gasteiger partial charge in [0, 0.05) is 18.9 Å². The molecular weight excluding hydrogens is 344 g/mol. The molecule has 1 aromatic rings. The van der Waals surface area contributed by atoms with Crippen LogP contribution in [0, 0.1) is 0 Å². The average molecular weight is 366 g/mol. The van der Waals surface area contributed by atoms with Crippen molar-refractivity contribution in [1.82, 2.24) is 5.32 Å². The normalized spacial score (nSPS) is 10.7. The molecule has 0 aromatic heterocycles. The number of benzene rings is 1. The summed E-state index contributed by atoms with van der Waals surface area (Å²) >= 11 is 4.94. The van der Waals surface area contributed by atoms with E-state index in [4.69, 9.17) is 27.4 Å². The SMILES string of the molecule is CCOC(=O)C(Cc1cccc(C(N)=S)c1)(NC(C)=O)C(=O)OCC. The van der Waals surface area contributed by atoms with E-state index in [2.05, 4.69) is 5.32 Å². The Morgan fingerprint density at radius 2 is 1.72 bits per heavy atom. The second kappa shape index (κ2) is 9.12. The summed E-state index contributed by atoms with van der Waals surface area (Å²) in [5.41, 5.74) is 4.79. The summed E-state index contributed by atoms with van der Waals surface area (Å²) in [5, 5.41) is 2.41. The van der Waals surface area contributed by atoms with Crippen LogP contribution in [0.1, 0.15) is 31.9 Å². The van der Waals surface area contributed by atoms with Gasteiger partial charge in [-0.15, -0.1) is 0 Å². The van der Waals surface area contributed by atoms with Crippen molar-refractivity contribution in [3.8, 4) is 0 Å². The largest absolute Gasteiger partial charge is 0.464 e. The van der Waals surface area contributed by atoms with Crippen LogP contribution in [0.3, 0.4) is 0 Å². The van der Waals surface area contributed by atoms with Crippen LogP contribution in [-0.4, -0.2) is 41.6 Å². The van der Waals surface area contributed by atoms with E-state index < -0.39 is 23.4 Å². The van der Waals surface area contributed by atoms with E-state index in [-0.39, 0.29) is 24.6 Å². The van der Waals surface area contributed by atoms with Gasteiger partial charge in [0.05, 0.1) is 13.2 Å². The lowest BCUT2D eigenvalue weighted by molar-refractivity contribution is -0.168. The fourth-order valence-corrected chi connectivity index (χ4v) is 2.45. The van der Waals surface area contributed by atoms with Crippen molar-refractivity contribution in [3.63, 3.8) is 0 Å². The smallest absolute Gasteiger partial charge is 0.344 e. The maximum Gasteiger partial charge on any atom is 0.344 e. The lowest BCUT2D eigenvalue weighted by Gasteiger charge is -2.29. The molecule has 25 heavy (non-hydrogen) atoms. The monoisotopic (exact) mass is 366 g/mol. The van der Waals surface area contributed by atoms with Gasteiger partial charge in [-0.1, -0.05) is 30.4 Å². The molecule has 0 radical (unpaired) electrons. The van der Waals surface area contributed by atoms with Gasteiger partial charge in [0.1, 0.15) is 4.99 Å². The van der Waals surface area contributed by atoms with Crippen molar-refractivity contribution in [2.75, 3.05) is 13.2 Å². The van der Waals surface area contributed by atoms with Crippen molar-refractivity contribution < 1.29 is 23.9 Å². The third-order valence-electron chi connectivity index (χ3n) is 3.32. The third kappa shape index (κ3) is 5.25. The molecule has 0 saturated heterocycles. The van der Waals surface area contributed by atoms with E-state index >= 15 is 0 Å². The molecule has 1 amide bonds. The molecule has 136 valence electrons. The van der Waals surface area contributed by atoms with Crippen LogP contribution in [0.2, 0.25) is 0 Å². The molecule has 0 saturated carbocycles. The minimum absolute atomic E-state index is 0.0481. The van der Waals surface area contributed by atoms with E-state index in [0.29, 0.717) is 11.1 Å². The third-order valence-corrected chi connectivity index (χ3v) is 3.55. The number of amides is 1. The predicted molar refractivity (Wildman–Crippen MR) is 95.8 cm³/mol. The van der Waals surface area contributed by atoms with Crippen molar-refractivity contribution in [3.05, 3.63) is 35.4 Å². The first kappa shape index (κ1) is 20.6. The molecule has 7 nitrogen and oxygen atoms in total. The fraction of sp³-hybridized carbons (Fsp3) is 0.412. The van der Waals surface area contributed by atoms with Crippen LogP contribution >= 0.6 is 12.2 Å². The Kier molecular flexibility index (Phi) is 7.50. The van der Waals surface area contributed by atoms with Crippen LogP contribution < -0.4 is 11.1 Å². The summed E-state index contributed by atoms with van der Waals surface area (Å²) in [4.78, 5) is 37.0. The van der Waals surface area contributed by atoms with Crippen LogP contribution in [0.5, 0.6) is 0 Å². The molecule has 0 unspecified atom stereocenters. The molecule has 0 spiro atoms. The maximum absolute atomic E-state index is 12.6. The predicted octanol–water partition coefficient (Wildman–Crippen LogP) is 0.864. The first-order valence-electron chi connectivity index (χ1n) is 7.78. The number of nitrogens with one attached hydrogen (secondary N) is 1. The van der Waals surface area contributed by atoms with Gasteiger partial charge in [0.2, 0.25) is 11.4 Å². The zero-order valence-corrected chi connectivity index (χ0v) is 15.3. The molecular formula is C17H22N2O5S. The summed E-state index contributed by atoms with van der Waals surface area (Å²) in [5.74, 6) is -2.33. The molecule has 8 heteroatoms. The standard InChI is InChI=1S/C17H22N2O5S/c1-4-23-15(21)17(19-11(3)20,16(22)24-5-2)10-12-7-6-8-13(9-12)14(18)25/h6-9H,4-5,10H2,1-3H3,(H2,18,25)(H,19,20). The average Bonchev–Trinajstić information content (AvgIpc) is 2.54. The van der Waals surface area contributed by atoms with E-state index in [1.807, 2.05) is 0 Å². The first-order valence-corrected chi connectivity index (χ1v) is 8.19. The lowest BCUT2D eigenvalue weighted by atomic mass is 9.89. The van der Waals surface area contributed by atoms with Crippen LogP contribution in [0.25, 0.3) is 0 Å². The highest BCUT2D eigenvalue weighted by molar-refractivity contribution is 7.80. The van der Waals surface area contributed by atoms with Crippen LogP contribution in [0.4, 0.5) is 0 Å². The second-order valence-electron chi connectivity index (χ2n) is 5.27. The summed E-state index contributed by atoms with van der Waals surface area (Å²) < 4.78 is 10.0. The number of carbonyl (C=O) groups excluding carboxylic acids is 3. The Balaban J connectivity index is 3.38. The van der Waals surface area contributed by atoms with E-state index in [0.717, 1.165) is 0 Å². The molecule has 1 rings (SSSR count). The number of hydrogen-bond acceptors (Lipinski definition) is 6. The minimum atomic E-state index is -1.98. The van der Waals surface area contributed by atoms with Crippen molar-refractivity contribution in [2.45, 2.75) is 32.7 Å². The molecule has 1 aromatic carbocycles. The number of rotatable bonds is 8. The number of carbonyl (C=O) groups is 3. The Hall–Kier alpha value is -2.48. The highest BCUT2D eigenvalue weighted by Crippen LogP contribution is 2.20. The minimum Gasteiger partial charge on any atom is -0.464 e. The summed E-state index contributed by atoms with van der Waals surface area (Å²) in [6.45, 7) is 4.52. The van der Waals surface area contributed by atoms with Crippen molar-refractivity contribution >= 4 is 35.1 Å². The summed E-state index contributed by atoms with van der Waals surface area (Å²) in [6.07, 6.45) is -0.152. The van der Waals surface area contributed by atoms with Gasteiger partial charge >= 0.3 is 11.9 Å². The zero-order valence-electron chi connectivity index (χ0n) is 14.5. The topological polar surface area (TPSA) is 108 Å². The Morgan fingerprint density at radius 1 is 1.16 bits per heavy atom. The van der Waals surface area contributed by atoms with Gasteiger partial charge < -0.3 is 20.5 Å². The Morgan fingerprint density at radius 3 is 2.16 bits per heavy atom. The van der Waals surface area contributed by atoms with Gasteiger partial charge in [-0.3, -0.25) is 4.79 Å². The molecule has 0 bridgehead atoms. The van der Waals surface area contributed by atoms with Gasteiger partial charge in [0.15, 0.2) is 0 Å². The van der Waals surface area contributed by atoms with E-state index in [1.165, 1.54) is 6.92 Å². The first-order chi connectivity index (χ1) is 11.8. The zero-order chi connectivity index (χ0) is 19.0. The second-order valence-corrected chi connectivity index (χ2v) is 5.71. The van der Waals surface area contributed by atoms with E-state index in [9.17, 15) is 14.4 Å². The van der Waals surface area contributed by atoms with Gasteiger partial charge in [-0.05, 0) is 25.5 Å². The number of hydrogen-bond donors (Lipinski definition) is 2. The van der Waals surface area contributed by atoms with Crippen LogP contribution in [0.15, 0.2) is 24.3 Å². The van der Waals surface area contributed by atoms with Gasteiger partial charge in [0.25, 0.3) is 0 Å². The molecule has 0 heterocycles. The fourth-order valence-electron chi connectivity index (χ4n) is 2.32. The maximum atomic E-state index is 12.6. The van der Waals surface area contributed by atoms with Crippen molar-refractivity contribution in [1.29, 1.82) is 0 Å². The van der Waals surface area contributed by atoms with Gasteiger partial charge in [-0.25, -0.2) is 9.59 Å².